The second kappa shape index (κ2) is 34.6. The van der Waals surface area contributed by atoms with Crippen LogP contribution in [0.3, 0.4) is 0 Å². The molecule has 9 amide bonds. The quantitative estimate of drug-likeness (QED) is 0.00905. The van der Waals surface area contributed by atoms with Gasteiger partial charge in [0.2, 0.25) is 53.2 Å². The van der Waals surface area contributed by atoms with Gasteiger partial charge in [0.05, 0.1) is 25.3 Å². The minimum absolute atomic E-state index is 0.00907. The fourth-order valence-electron chi connectivity index (χ4n) is 9.13. The molecule has 0 saturated carbocycles. The first kappa shape index (κ1) is 70.2. The molecule has 474 valence electrons. The fraction of sp³-hybridized carbons (Fsp3) is 0.473. The summed E-state index contributed by atoms with van der Waals surface area (Å²) in [5.41, 5.74) is 30.5. The number of aliphatic imine (C=N–C) groups is 1. The summed E-state index contributed by atoms with van der Waals surface area (Å²) in [6.45, 7) is 3.64. The average molecular weight is 1240 g/mol. The monoisotopic (exact) mass is 1230 g/mol. The number of unbranched alkanes of at least 4 members (excludes halogenated alkanes) is 1. The van der Waals surface area contributed by atoms with Crippen molar-refractivity contribution in [3.63, 3.8) is 0 Å². The third-order valence-corrected chi connectivity index (χ3v) is 13.9. The number of rotatable bonds is 38. The molecule has 0 fully saturated rings. The summed E-state index contributed by atoms with van der Waals surface area (Å²) >= 11 is 4.13. The number of nitrogens with one attached hydrogen (secondary N) is 10. The maximum atomic E-state index is 14.8. The molecule has 0 aliphatic carbocycles. The molecule has 32 heteroatoms. The molecule has 0 radical (unpaired) electrons. The van der Waals surface area contributed by atoms with Crippen molar-refractivity contribution in [2.24, 2.45) is 39.6 Å². The van der Waals surface area contributed by atoms with E-state index in [0.717, 1.165) is 10.9 Å². The normalized spacial score (nSPS) is 14.3. The van der Waals surface area contributed by atoms with Crippen LogP contribution in [0.5, 0.6) is 0 Å². The second-order valence-electron chi connectivity index (χ2n) is 21.0. The zero-order valence-corrected chi connectivity index (χ0v) is 48.9. The van der Waals surface area contributed by atoms with E-state index in [0.29, 0.717) is 28.5 Å². The number of para-hydroxylation sites is 2. The van der Waals surface area contributed by atoms with E-state index in [9.17, 15) is 72.9 Å². The van der Waals surface area contributed by atoms with Gasteiger partial charge in [-0.05, 0) is 74.2 Å². The number of amides is 9. The van der Waals surface area contributed by atoms with E-state index in [4.69, 9.17) is 28.7 Å². The topological polar surface area (TPSA) is 536 Å². The molecule has 0 unspecified atom stereocenters. The second-order valence-corrected chi connectivity index (χ2v) is 21.3. The fourth-order valence-corrected chi connectivity index (χ4v) is 9.30. The number of hydrogen-bond donors (Lipinski definition) is 19. The summed E-state index contributed by atoms with van der Waals surface area (Å²) in [6.07, 6.45) is -0.214. The minimum atomic E-state index is -2.11. The summed E-state index contributed by atoms with van der Waals surface area (Å²) in [5.74, 6) is -15.3. The number of nitrogens with zero attached hydrogens (tertiary/aromatic N) is 1. The summed E-state index contributed by atoms with van der Waals surface area (Å²) in [4.78, 5) is 171. The van der Waals surface area contributed by atoms with Gasteiger partial charge in [0.15, 0.2) is 5.96 Å². The van der Waals surface area contributed by atoms with Gasteiger partial charge in [0.25, 0.3) is 0 Å². The number of benzene rings is 2. The number of carboxylic acid groups (broad SMARTS) is 3. The number of aromatic nitrogens is 2. The lowest BCUT2D eigenvalue weighted by Gasteiger charge is -2.28. The Bertz CT molecular complexity index is 3130. The molecule has 0 aliphatic heterocycles. The number of carbonyl (C=O) groups is 12. The molecule has 4 aromatic rings. The van der Waals surface area contributed by atoms with Crippen LogP contribution in [0.2, 0.25) is 0 Å². The lowest BCUT2D eigenvalue weighted by molar-refractivity contribution is -0.144. The first-order valence-electron chi connectivity index (χ1n) is 27.8. The summed E-state index contributed by atoms with van der Waals surface area (Å²) in [5, 5.41) is 49.9. The van der Waals surface area contributed by atoms with Gasteiger partial charge in [-0.3, -0.25) is 57.7 Å². The molecule has 87 heavy (non-hydrogen) atoms. The molecular formula is C55H78N16O15S. The van der Waals surface area contributed by atoms with E-state index >= 15 is 0 Å². The number of aromatic amines is 2. The number of carboxylic acids is 3. The molecule has 2 aromatic carbocycles. The van der Waals surface area contributed by atoms with E-state index in [1.807, 2.05) is 18.2 Å². The van der Waals surface area contributed by atoms with Gasteiger partial charge in [-0.25, -0.2) is 4.79 Å². The highest BCUT2D eigenvalue weighted by atomic mass is 32.1. The van der Waals surface area contributed by atoms with Gasteiger partial charge in [0, 0.05) is 59.3 Å². The highest BCUT2D eigenvalue weighted by Gasteiger charge is 2.37. The van der Waals surface area contributed by atoms with E-state index in [1.54, 1.807) is 56.6 Å². The van der Waals surface area contributed by atoms with E-state index in [-0.39, 0.29) is 75.7 Å². The third kappa shape index (κ3) is 22.9. The number of aliphatic carboxylic acids is 3. The van der Waals surface area contributed by atoms with Crippen LogP contribution in [-0.4, -0.2) is 176 Å². The first-order chi connectivity index (χ1) is 41.2. The molecule has 2 heterocycles. The van der Waals surface area contributed by atoms with Crippen molar-refractivity contribution in [1.82, 2.24) is 52.5 Å². The molecule has 23 N–H and O–H groups in total. The Kier molecular flexibility index (Phi) is 27.9. The van der Waals surface area contributed by atoms with Crippen molar-refractivity contribution in [2.45, 2.75) is 139 Å². The zero-order chi connectivity index (χ0) is 64.5. The van der Waals surface area contributed by atoms with E-state index < -0.39 is 145 Å². The molecule has 31 nitrogen and oxygen atoms in total. The highest BCUT2D eigenvalue weighted by molar-refractivity contribution is 7.80. The number of guanidine groups is 1. The van der Waals surface area contributed by atoms with Gasteiger partial charge in [-0.2, -0.15) is 12.6 Å². The highest BCUT2D eigenvalue weighted by Crippen LogP contribution is 2.22. The number of nitrogens with two attached hydrogens (primary N) is 5. The Morgan fingerprint density at radius 2 is 0.908 bits per heavy atom. The van der Waals surface area contributed by atoms with Crippen LogP contribution in [0, 0.1) is 5.92 Å². The predicted molar refractivity (Wildman–Crippen MR) is 320 cm³/mol. The van der Waals surface area contributed by atoms with E-state index in [2.05, 4.69) is 70.1 Å². The number of carbonyl (C=O) groups excluding carboxylic acids is 9. The van der Waals surface area contributed by atoms with Gasteiger partial charge in [-0.1, -0.05) is 50.2 Å². The molecule has 0 bridgehead atoms. The minimum Gasteiger partial charge on any atom is -0.481 e. The third-order valence-electron chi connectivity index (χ3n) is 13.5. The van der Waals surface area contributed by atoms with Crippen LogP contribution < -0.4 is 71.2 Å². The molecule has 0 saturated heterocycles. The Morgan fingerprint density at radius 1 is 0.517 bits per heavy atom. The van der Waals surface area contributed by atoms with Gasteiger partial charge >= 0.3 is 17.9 Å². The van der Waals surface area contributed by atoms with Crippen molar-refractivity contribution in [2.75, 3.05) is 18.8 Å². The number of fused-ring (bicyclic) bond motifs is 2. The zero-order valence-electron chi connectivity index (χ0n) is 48.0. The maximum absolute atomic E-state index is 14.8. The molecule has 9 atom stereocenters. The van der Waals surface area contributed by atoms with Crippen molar-refractivity contribution < 1.29 is 72.9 Å². The van der Waals surface area contributed by atoms with Crippen molar-refractivity contribution in [1.29, 1.82) is 0 Å². The number of H-pyrrole nitrogens is 2. The molecule has 4 rings (SSSR count). The molecule has 2 aromatic heterocycles. The largest absolute Gasteiger partial charge is 0.481 e. The number of primary amides is 1. The van der Waals surface area contributed by atoms with Crippen molar-refractivity contribution >= 4 is 111 Å². The summed E-state index contributed by atoms with van der Waals surface area (Å²) < 4.78 is 0. The lowest BCUT2D eigenvalue weighted by Crippen LogP contribution is -2.61. The standard InChI is InChI=1S/C55H78N16O15S/c1-27(2)18-37(67-50(81)38(66-46(77)32(57)26-87)19-28-24-62-33-12-5-3-10-30(28)33)48(79)68-39(20-29-25-63-34-13-6-4-11-31(29)34)49(80)64-35(15-9-17-61-55(59)60)47(78)70-42(23-45(75)76)53(84)69-40(21-43(58)72)51(82)71-41(22-44(73)74)52(83)65-36(54(85)86)14-7-8-16-56/h3-6,10-13,24-25,27,32,35-42,62-63,87H,7-9,14-23,26,56-57H2,1-2H3,(H2,58,72)(H,64,80)(H,65,83)(H,66,77)(H,67,81)(H,68,79)(H,69,84)(H,70,78)(H,71,82)(H,73,74)(H,75,76)(H,85,86)(H4,59,60,61)/t32-,35-,36-,37-,38-,39-,40-,41-,42-/m0/s1. The Labute approximate surface area is 504 Å². The summed E-state index contributed by atoms with van der Waals surface area (Å²) in [7, 11) is 0. The predicted octanol–water partition coefficient (Wildman–Crippen LogP) is -3.29. The van der Waals surface area contributed by atoms with Crippen LogP contribution in [0.25, 0.3) is 21.8 Å². The van der Waals surface area contributed by atoms with E-state index in [1.165, 1.54) is 0 Å². The average Bonchev–Trinajstić information content (AvgIpc) is 3.19. The molecule has 0 spiro atoms. The van der Waals surface area contributed by atoms with Crippen LogP contribution in [-0.2, 0) is 70.4 Å². The smallest absolute Gasteiger partial charge is 0.326 e. The Morgan fingerprint density at radius 3 is 1.34 bits per heavy atom. The van der Waals surface area contributed by atoms with Crippen molar-refractivity contribution in [3.05, 3.63) is 72.1 Å². The maximum Gasteiger partial charge on any atom is 0.326 e. The van der Waals surface area contributed by atoms with Crippen LogP contribution in [0.15, 0.2) is 65.9 Å². The number of hydrogen-bond acceptors (Lipinski definition) is 16. The number of thiol groups is 1. The lowest BCUT2D eigenvalue weighted by atomic mass is 9.99. The SMILES string of the molecule is CC(C)C[C@H](NC(=O)[C@H](Cc1c[nH]c2ccccc12)NC(=O)[C@@H](N)CS)C(=O)N[C@@H](Cc1c[nH]c2ccccc12)C(=O)N[C@@H](CCCN=C(N)N)C(=O)N[C@@H](CC(=O)O)C(=O)N[C@@H](CC(N)=O)C(=O)N[C@@H](CC(=O)O)C(=O)N[C@@H](CCCCN)C(=O)O. The Balaban J connectivity index is 1.68. The van der Waals surface area contributed by atoms with Gasteiger partial charge in [-0.15, -0.1) is 0 Å². The van der Waals surface area contributed by atoms with Gasteiger partial charge < -0.3 is 96.5 Å². The van der Waals surface area contributed by atoms with Crippen LogP contribution in [0.4, 0.5) is 0 Å². The van der Waals surface area contributed by atoms with Crippen LogP contribution in [0.1, 0.15) is 82.8 Å². The van der Waals surface area contributed by atoms with Crippen molar-refractivity contribution in [3.8, 4) is 0 Å². The summed E-state index contributed by atoms with van der Waals surface area (Å²) in [6, 6.07) is -0.429. The van der Waals surface area contributed by atoms with Gasteiger partial charge in [0.1, 0.15) is 48.3 Å². The Hall–Kier alpha value is -9.30. The molecular weight excluding hydrogens is 1160 g/mol. The first-order valence-corrected chi connectivity index (χ1v) is 28.4. The van der Waals surface area contributed by atoms with Crippen LogP contribution >= 0.6 is 12.6 Å². The molecule has 0 aliphatic rings.